The third-order valence-electron chi connectivity index (χ3n) is 0.599. The van der Waals surface area contributed by atoms with Gasteiger partial charge in [-0.3, -0.25) is 0 Å². The number of nitrogens with one attached hydrogen (secondary N) is 1. The van der Waals surface area contributed by atoms with Gasteiger partial charge in [-0.1, -0.05) is 12.2 Å². The summed E-state index contributed by atoms with van der Waals surface area (Å²) in [6.45, 7) is 0. The average Bonchev–Trinajstić information content (AvgIpc) is 1.81. The van der Waals surface area contributed by atoms with Crippen molar-refractivity contribution in [1.82, 2.24) is 5.32 Å². The SMILES string of the molecule is CNC=CC=CCCl. The van der Waals surface area contributed by atoms with Crippen LogP contribution in [0.3, 0.4) is 0 Å². The first-order valence-electron chi connectivity index (χ1n) is 2.46. The summed E-state index contributed by atoms with van der Waals surface area (Å²) in [5.41, 5.74) is 0. The second-order valence-corrected chi connectivity index (χ2v) is 1.54. The van der Waals surface area contributed by atoms with Crippen molar-refractivity contribution in [2.45, 2.75) is 0 Å². The quantitative estimate of drug-likeness (QED) is 0.452. The van der Waals surface area contributed by atoms with E-state index < -0.39 is 0 Å². The minimum Gasteiger partial charge on any atom is -0.394 e. The van der Waals surface area contributed by atoms with Crippen molar-refractivity contribution in [3.05, 3.63) is 24.4 Å². The normalized spacial score (nSPS) is 11.2. The van der Waals surface area contributed by atoms with E-state index in [-0.39, 0.29) is 0 Å². The molecule has 0 bridgehead atoms. The van der Waals surface area contributed by atoms with Gasteiger partial charge in [0, 0.05) is 12.9 Å². The summed E-state index contributed by atoms with van der Waals surface area (Å²) in [5, 5.41) is 2.85. The van der Waals surface area contributed by atoms with Gasteiger partial charge in [-0.05, 0) is 12.3 Å². The Kier molecular flexibility index (Phi) is 6.22. The number of alkyl halides is 1. The molecule has 0 aromatic heterocycles. The standard InChI is InChI=1S/C6H10ClN/c1-8-6-4-2-3-5-7/h2-4,6,8H,5H2,1H3. The minimum absolute atomic E-state index is 0.577. The summed E-state index contributed by atoms with van der Waals surface area (Å²) in [6, 6.07) is 0. The number of halogens is 1. The lowest BCUT2D eigenvalue weighted by Gasteiger charge is -1.78. The molecule has 0 saturated heterocycles. The van der Waals surface area contributed by atoms with Crippen molar-refractivity contribution >= 4 is 11.6 Å². The first kappa shape index (κ1) is 7.57. The molecule has 0 unspecified atom stereocenters. The molecule has 0 spiro atoms. The molecule has 0 amide bonds. The van der Waals surface area contributed by atoms with Crippen LogP contribution in [0.15, 0.2) is 24.4 Å². The van der Waals surface area contributed by atoms with Crippen molar-refractivity contribution < 1.29 is 0 Å². The molecule has 1 nitrogen and oxygen atoms in total. The van der Waals surface area contributed by atoms with Gasteiger partial charge in [-0.15, -0.1) is 11.6 Å². The van der Waals surface area contributed by atoms with Crippen molar-refractivity contribution in [2.75, 3.05) is 12.9 Å². The number of hydrogen-bond donors (Lipinski definition) is 1. The zero-order valence-electron chi connectivity index (χ0n) is 4.89. The molecule has 0 radical (unpaired) electrons. The van der Waals surface area contributed by atoms with E-state index in [0.717, 1.165) is 0 Å². The van der Waals surface area contributed by atoms with Crippen LogP contribution in [0.5, 0.6) is 0 Å². The minimum atomic E-state index is 0.577. The predicted molar refractivity (Wildman–Crippen MR) is 38.1 cm³/mol. The predicted octanol–water partition coefficient (Wildman–Crippen LogP) is 1.51. The summed E-state index contributed by atoms with van der Waals surface area (Å²) in [4.78, 5) is 0. The van der Waals surface area contributed by atoms with Crippen LogP contribution in [0.1, 0.15) is 0 Å². The lowest BCUT2D eigenvalue weighted by molar-refractivity contribution is 1.10. The largest absolute Gasteiger partial charge is 0.394 e. The van der Waals surface area contributed by atoms with Crippen molar-refractivity contribution in [3.63, 3.8) is 0 Å². The van der Waals surface area contributed by atoms with Crippen LogP contribution < -0.4 is 5.32 Å². The highest BCUT2D eigenvalue weighted by Gasteiger charge is 1.61. The Hall–Kier alpha value is -0.430. The summed E-state index contributed by atoms with van der Waals surface area (Å²) in [6.07, 6.45) is 7.49. The van der Waals surface area contributed by atoms with Crippen LogP contribution in [0.4, 0.5) is 0 Å². The van der Waals surface area contributed by atoms with E-state index in [9.17, 15) is 0 Å². The van der Waals surface area contributed by atoms with E-state index in [4.69, 9.17) is 11.6 Å². The molecule has 0 heterocycles. The maximum atomic E-state index is 5.34. The molecule has 0 aliphatic heterocycles. The Balaban J connectivity index is 3.13. The molecule has 0 atom stereocenters. The fourth-order valence-electron chi connectivity index (χ4n) is 0.282. The first-order valence-corrected chi connectivity index (χ1v) is 3.00. The Labute approximate surface area is 55.0 Å². The Morgan fingerprint density at radius 2 is 2.25 bits per heavy atom. The first-order chi connectivity index (χ1) is 3.91. The lowest BCUT2D eigenvalue weighted by atomic mass is 10.5. The van der Waals surface area contributed by atoms with Gasteiger partial charge in [-0.25, -0.2) is 0 Å². The molecule has 0 aliphatic rings. The molecule has 0 aliphatic carbocycles. The average molecular weight is 132 g/mol. The molecule has 8 heavy (non-hydrogen) atoms. The van der Waals surface area contributed by atoms with E-state index in [0.29, 0.717) is 5.88 Å². The molecule has 0 aromatic rings. The van der Waals surface area contributed by atoms with Gasteiger partial charge in [0.25, 0.3) is 0 Å². The summed E-state index contributed by atoms with van der Waals surface area (Å²) in [5.74, 6) is 0.577. The van der Waals surface area contributed by atoms with Gasteiger partial charge in [0.15, 0.2) is 0 Å². The Bertz CT molecular complexity index is 74.5. The van der Waals surface area contributed by atoms with Gasteiger partial charge < -0.3 is 5.32 Å². The van der Waals surface area contributed by atoms with Crippen molar-refractivity contribution in [3.8, 4) is 0 Å². The molecule has 0 fully saturated rings. The number of rotatable bonds is 3. The zero-order valence-corrected chi connectivity index (χ0v) is 5.65. The van der Waals surface area contributed by atoms with Crippen LogP contribution >= 0.6 is 11.6 Å². The molecule has 0 aromatic carbocycles. The summed E-state index contributed by atoms with van der Waals surface area (Å²) < 4.78 is 0. The van der Waals surface area contributed by atoms with Crippen LogP contribution in [0.25, 0.3) is 0 Å². The van der Waals surface area contributed by atoms with Gasteiger partial charge in [0.1, 0.15) is 0 Å². The highest BCUT2D eigenvalue weighted by Crippen LogP contribution is 1.77. The Morgan fingerprint density at radius 3 is 2.75 bits per heavy atom. The van der Waals surface area contributed by atoms with Crippen LogP contribution in [-0.4, -0.2) is 12.9 Å². The molecular weight excluding hydrogens is 122 g/mol. The van der Waals surface area contributed by atoms with E-state index in [1.807, 2.05) is 31.5 Å². The van der Waals surface area contributed by atoms with E-state index >= 15 is 0 Å². The third-order valence-corrected chi connectivity index (χ3v) is 0.777. The zero-order chi connectivity index (χ0) is 6.24. The van der Waals surface area contributed by atoms with Gasteiger partial charge in [0.2, 0.25) is 0 Å². The Morgan fingerprint density at radius 1 is 1.50 bits per heavy atom. The maximum Gasteiger partial charge on any atom is 0.0407 e. The summed E-state index contributed by atoms with van der Waals surface area (Å²) in [7, 11) is 1.85. The van der Waals surface area contributed by atoms with Crippen molar-refractivity contribution in [2.24, 2.45) is 0 Å². The van der Waals surface area contributed by atoms with E-state index in [2.05, 4.69) is 5.32 Å². The monoisotopic (exact) mass is 131 g/mol. The van der Waals surface area contributed by atoms with Gasteiger partial charge in [0.05, 0.1) is 0 Å². The molecule has 1 N–H and O–H groups in total. The van der Waals surface area contributed by atoms with Crippen molar-refractivity contribution in [1.29, 1.82) is 0 Å². The van der Waals surface area contributed by atoms with Crippen LogP contribution in [0.2, 0.25) is 0 Å². The second-order valence-electron chi connectivity index (χ2n) is 1.23. The summed E-state index contributed by atoms with van der Waals surface area (Å²) >= 11 is 5.34. The lowest BCUT2D eigenvalue weighted by Crippen LogP contribution is -1.89. The highest BCUT2D eigenvalue weighted by molar-refractivity contribution is 6.18. The number of hydrogen-bond acceptors (Lipinski definition) is 1. The van der Waals surface area contributed by atoms with E-state index in [1.165, 1.54) is 0 Å². The third kappa shape index (κ3) is 5.57. The molecule has 0 saturated carbocycles. The molecule has 0 rings (SSSR count). The topological polar surface area (TPSA) is 12.0 Å². The van der Waals surface area contributed by atoms with E-state index in [1.54, 1.807) is 0 Å². The fourth-order valence-corrected chi connectivity index (χ4v) is 0.385. The molecule has 46 valence electrons. The smallest absolute Gasteiger partial charge is 0.0407 e. The maximum absolute atomic E-state index is 5.34. The second kappa shape index (κ2) is 6.57. The van der Waals surface area contributed by atoms with Crippen LogP contribution in [-0.2, 0) is 0 Å². The molecule has 2 heteroatoms. The molecular formula is C6H10ClN. The van der Waals surface area contributed by atoms with Crippen LogP contribution in [0, 0.1) is 0 Å². The van der Waals surface area contributed by atoms with Gasteiger partial charge in [-0.2, -0.15) is 0 Å². The van der Waals surface area contributed by atoms with Gasteiger partial charge >= 0.3 is 0 Å². The number of allylic oxidation sites excluding steroid dienone is 3. The highest BCUT2D eigenvalue weighted by atomic mass is 35.5. The fraction of sp³-hybridized carbons (Fsp3) is 0.333.